The first-order valence-electron chi connectivity index (χ1n) is 7.01. The molecule has 0 radical (unpaired) electrons. The molecule has 0 amide bonds. The monoisotopic (exact) mass is 283 g/mol. The quantitative estimate of drug-likeness (QED) is 0.466. The molecule has 0 fully saturated rings. The summed E-state index contributed by atoms with van der Waals surface area (Å²) in [6.07, 6.45) is 0.900. The number of benzene rings is 2. The minimum absolute atomic E-state index is 0.0954. The summed E-state index contributed by atoms with van der Waals surface area (Å²) in [5, 5.41) is 7.62. The fourth-order valence-electron chi connectivity index (χ4n) is 2.16. The van der Waals surface area contributed by atoms with E-state index in [1.54, 1.807) is 0 Å². The third kappa shape index (κ3) is 4.24. The van der Waals surface area contributed by atoms with Crippen molar-refractivity contribution in [1.82, 2.24) is 0 Å². The number of para-hydroxylation sites is 2. The molecule has 110 valence electrons. The van der Waals surface area contributed by atoms with E-state index in [9.17, 15) is 0 Å². The topological polar surface area (TPSA) is 62.3 Å². The normalized spacial score (nSPS) is 10.1. The zero-order valence-electron chi connectivity index (χ0n) is 12.3. The lowest BCUT2D eigenvalue weighted by Gasteiger charge is -2.22. The highest BCUT2D eigenvalue weighted by molar-refractivity contribution is 6.00. The van der Waals surface area contributed by atoms with Crippen molar-refractivity contribution in [2.45, 2.75) is 6.42 Å². The van der Waals surface area contributed by atoms with Gasteiger partial charge >= 0.3 is 0 Å². The summed E-state index contributed by atoms with van der Waals surface area (Å²) in [5.41, 5.74) is 7.36. The molecular formula is C17H21N3O. The van der Waals surface area contributed by atoms with Gasteiger partial charge in [-0.3, -0.25) is 5.41 Å². The lowest BCUT2D eigenvalue weighted by molar-refractivity contribution is 0.312. The number of hydrogen-bond donors (Lipinski definition) is 2. The SMILES string of the molecule is CN(CCCOc1ccccc1)c1ccccc1C(=N)N. The third-order valence-corrected chi connectivity index (χ3v) is 3.26. The van der Waals surface area contributed by atoms with Crippen molar-refractivity contribution in [3.05, 3.63) is 60.2 Å². The summed E-state index contributed by atoms with van der Waals surface area (Å²) in [6, 6.07) is 17.5. The van der Waals surface area contributed by atoms with Crippen molar-refractivity contribution in [3.8, 4) is 5.75 Å². The molecule has 2 aromatic rings. The highest BCUT2D eigenvalue weighted by Gasteiger charge is 2.08. The second-order valence-electron chi connectivity index (χ2n) is 4.87. The van der Waals surface area contributed by atoms with Crippen LogP contribution in [0.3, 0.4) is 0 Å². The molecule has 0 saturated carbocycles. The molecule has 0 saturated heterocycles. The van der Waals surface area contributed by atoms with Gasteiger partial charge in [0.15, 0.2) is 0 Å². The van der Waals surface area contributed by atoms with Gasteiger partial charge in [-0.2, -0.15) is 0 Å². The van der Waals surface area contributed by atoms with Crippen molar-refractivity contribution in [2.24, 2.45) is 5.73 Å². The molecule has 21 heavy (non-hydrogen) atoms. The van der Waals surface area contributed by atoms with Crippen LogP contribution in [0, 0.1) is 5.41 Å². The lowest BCUT2D eigenvalue weighted by Crippen LogP contribution is -2.24. The molecule has 0 heterocycles. The van der Waals surface area contributed by atoms with E-state index in [1.165, 1.54) is 0 Å². The maximum atomic E-state index is 7.62. The van der Waals surface area contributed by atoms with Crippen molar-refractivity contribution in [1.29, 1.82) is 5.41 Å². The molecule has 0 bridgehead atoms. The Balaban J connectivity index is 1.85. The molecule has 0 aliphatic heterocycles. The van der Waals surface area contributed by atoms with Gasteiger partial charge in [0.2, 0.25) is 0 Å². The lowest BCUT2D eigenvalue weighted by atomic mass is 10.1. The number of anilines is 1. The molecule has 0 aliphatic rings. The summed E-state index contributed by atoms with van der Waals surface area (Å²) in [6.45, 7) is 1.51. The van der Waals surface area contributed by atoms with Crippen LogP contribution in [0.1, 0.15) is 12.0 Å². The zero-order valence-corrected chi connectivity index (χ0v) is 12.3. The number of nitrogen functional groups attached to an aromatic ring is 1. The van der Waals surface area contributed by atoms with Crippen LogP contribution in [0.25, 0.3) is 0 Å². The van der Waals surface area contributed by atoms with Crippen molar-refractivity contribution in [2.75, 3.05) is 25.1 Å². The van der Waals surface area contributed by atoms with E-state index in [4.69, 9.17) is 15.9 Å². The van der Waals surface area contributed by atoms with Crippen LogP contribution >= 0.6 is 0 Å². The van der Waals surface area contributed by atoms with Crippen LogP contribution in [-0.4, -0.2) is 26.0 Å². The van der Waals surface area contributed by atoms with Gasteiger partial charge in [0.05, 0.1) is 6.61 Å². The largest absolute Gasteiger partial charge is 0.494 e. The summed E-state index contributed by atoms with van der Waals surface area (Å²) >= 11 is 0. The van der Waals surface area contributed by atoms with Gasteiger partial charge < -0.3 is 15.4 Å². The molecule has 0 aliphatic carbocycles. The van der Waals surface area contributed by atoms with E-state index >= 15 is 0 Å². The number of hydrogen-bond acceptors (Lipinski definition) is 3. The summed E-state index contributed by atoms with van der Waals surface area (Å²) < 4.78 is 5.68. The van der Waals surface area contributed by atoms with Gasteiger partial charge in [0, 0.05) is 24.8 Å². The van der Waals surface area contributed by atoms with E-state index in [0.29, 0.717) is 6.61 Å². The Labute approximate surface area is 125 Å². The molecule has 4 nitrogen and oxygen atoms in total. The van der Waals surface area contributed by atoms with Gasteiger partial charge in [0.1, 0.15) is 11.6 Å². The predicted molar refractivity (Wildman–Crippen MR) is 87.3 cm³/mol. The van der Waals surface area contributed by atoms with Crippen molar-refractivity contribution < 1.29 is 4.74 Å². The summed E-state index contributed by atoms with van der Waals surface area (Å²) in [7, 11) is 2.00. The van der Waals surface area contributed by atoms with Crippen LogP contribution in [-0.2, 0) is 0 Å². The van der Waals surface area contributed by atoms with E-state index in [-0.39, 0.29) is 5.84 Å². The van der Waals surface area contributed by atoms with E-state index in [2.05, 4.69) is 4.90 Å². The maximum Gasteiger partial charge on any atom is 0.124 e. The van der Waals surface area contributed by atoms with Gasteiger partial charge in [-0.15, -0.1) is 0 Å². The highest BCUT2D eigenvalue weighted by atomic mass is 16.5. The predicted octanol–water partition coefficient (Wildman–Crippen LogP) is 2.88. The first kappa shape index (κ1) is 14.9. The number of amidine groups is 1. The molecule has 0 spiro atoms. The van der Waals surface area contributed by atoms with Gasteiger partial charge in [-0.05, 0) is 30.7 Å². The van der Waals surface area contributed by atoms with E-state index in [0.717, 1.165) is 30.0 Å². The zero-order chi connectivity index (χ0) is 15.1. The number of nitrogens with zero attached hydrogens (tertiary/aromatic N) is 1. The van der Waals surface area contributed by atoms with Gasteiger partial charge in [-0.25, -0.2) is 0 Å². The highest BCUT2D eigenvalue weighted by Crippen LogP contribution is 2.18. The summed E-state index contributed by atoms with van der Waals surface area (Å²) in [4.78, 5) is 2.10. The number of nitrogens with two attached hydrogens (primary N) is 1. The van der Waals surface area contributed by atoms with E-state index in [1.807, 2.05) is 61.6 Å². The van der Waals surface area contributed by atoms with Crippen LogP contribution < -0.4 is 15.4 Å². The Kier molecular flexibility index (Phi) is 5.21. The fraction of sp³-hybridized carbons (Fsp3) is 0.235. The van der Waals surface area contributed by atoms with Gasteiger partial charge in [-0.1, -0.05) is 30.3 Å². The second-order valence-corrected chi connectivity index (χ2v) is 4.87. The molecular weight excluding hydrogens is 262 g/mol. The molecule has 0 unspecified atom stereocenters. The van der Waals surface area contributed by atoms with Crippen molar-refractivity contribution >= 4 is 11.5 Å². The smallest absolute Gasteiger partial charge is 0.124 e. The molecule has 2 aromatic carbocycles. The van der Waals surface area contributed by atoms with Crippen LogP contribution in [0.4, 0.5) is 5.69 Å². The minimum Gasteiger partial charge on any atom is -0.494 e. The Bertz CT molecular complexity index is 584. The van der Waals surface area contributed by atoms with Crippen LogP contribution in [0.15, 0.2) is 54.6 Å². The Hall–Kier alpha value is -2.49. The summed E-state index contributed by atoms with van der Waals surface area (Å²) in [5.74, 6) is 0.988. The van der Waals surface area contributed by atoms with Crippen molar-refractivity contribution in [3.63, 3.8) is 0 Å². The van der Waals surface area contributed by atoms with Crippen LogP contribution in [0.2, 0.25) is 0 Å². The van der Waals surface area contributed by atoms with Crippen LogP contribution in [0.5, 0.6) is 5.75 Å². The third-order valence-electron chi connectivity index (χ3n) is 3.26. The maximum absolute atomic E-state index is 7.62. The molecule has 3 N–H and O–H groups in total. The number of ether oxygens (including phenoxy) is 1. The fourth-order valence-corrected chi connectivity index (χ4v) is 2.16. The first-order valence-corrected chi connectivity index (χ1v) is 7.01. The van der Waals surface area contributed by atoms with E-state index < -0.39 is 0 Å². The average Bonchev–Trinajstić information content (AvgIpc) is 2.52. The number of rotatable bonds is 7. The second kappa shape index (κ2) is 7.33. The Morgan fingerprint density at radius 1 is 1.10 bits per heavy atom. The molecule has 0 atom stereocenters. The number of nitrogens with one attached hydrogen (secondary N) is 1. The average molecular weight is 283 g/mol. The molecule has 0 aromatic heterocycles. The molecule has 4 heteroatoms. The first-order chi connectivity index (χ1) is 10.2. The Morgan fingerprint density at radius 3 is 2.48 bits per heavy atom. The minimum atomic E-state index is 0.0954. The molecule has 2 rings (SSSR count). The standard InChI is InChI=1S/C17H21N3O/c1-20(16-11-6-5-10-15(16)17(18)19)12-7-13-21-14-8-3-2-4-9-14/h2-6,8-11H,7,12-13H2,1H3,(H3,18,19). The Morgan fingerprint density at radius 2 is 1.76 bits per heavy atom. The van der Waals surface area contributed by atoms with Gasteiger partial charge in [0.25, 0.3) is 0 Å².